The minimum absolute atomic E-state index is 0.124. The van der Waals surface area contributed by atoms with Gasteiger partial charge in [-0.25, -0.2) is 29.9 Å². The highest BCUT2D eigenvalue weighted by Crippen LogP contribution is 2.53. The molecule has 16 aromatic carbocycles. The predicted molar refractivity (Wildman–Crippen MR) is 474 cm³/mol. The molecule has 6 nitrogen and oxygen atoms in total. The van der Waals surface area contributed by atoms with Gasteiger partial charge in [-0.3, -0.25) is 0 Å². The zero-order valence-electron chi connectivity index (χ0n) is 63.5. The molecule has 0 saturated carbocycles. The van der Waals surface area contributed by atoms with Crippen LogP contribution in [0.15, 0.2) is 376 Å². The van der Waals surface area contributed by atoms with Crippen LogP contribution in [-0.2, 0) is 10.8 Å². The Morgan fingerprint density at radius 2 is 0.491 bits per heavy atom. The summed E-state index contributed by atoms with van der Waals surface area (Å²) in [6, 6.07) is 134. The van der Waals surface area contributed by atoms with E-state index < -0.39 is 0 Å². The fraction of sp³-hybridized carbons (Fsp3) is 0.0556. The van der Waals surface area contributed by atoms with Crippen molar-refractivity contribution in [1.29, 1.82) is 0 Å². The molecule has 2 aliphatic rings. The summed E-state index contributed by atoms with van der Waals surface area (Å²) >= 11 is 0. The maximum atomic E-state index is 5.43. The summed E-state index contributed by atoms with van der Waals surface area (Å²) in [6.45, 7) is 9.31. The second-order valence-corrected chi connectivity index (χ2v) is 31.3. The molecule has 20 aromatic rings. The molecule has 0 bridgehead atoms. The normalized spacial score (nSPS) is 12.9. The van der Waals surface area contributed by atoms with Crippen molar-refractivity contribution in [3.05, 3.63) is 398 Å². The third-order valence-corrected chi connectivity index (χ3v) is 23.7. The van der Waals surface area contributed by atoms with Crippen molar-refractivity contribution in [2.45, 2.75) is 38.5 Å². The van der Waals surface area contributed by atoms with Gasteiger partial charge in [-0.15, -0.1) is 0 Å². The first kappa shape index (κ1) is 67.6. The number of pyridine rings is 2. The van der Waals surface area contributed by atoms with E-state index in [1.165, 1.54) is 99.1 Å². The summed E-state index contributed by atoms with van der Waals surface area (Å²) < 4.78 is 0. The molecule has 0 aliphatic heterocycles. The van der Waals surface area contributed by atoms with Crippen molar-refractivity contribution in [2.75, 3.05) is 0 Å². The van der Waals surface area contributed by atoms with E-state index >= 15 is 0 Å². The summed E-state index contributed by atoms with van der Waals surface area (Å²) in [5, 5.41) is 11.7. The predicted octanol–water partition coefficient (Wildman–Crippen LogP) is 27.9. The lowest BCUT2D eigenvalue weighted by atomic mass is 9.82. The van der Waals surface area contributed by atoms with Gasteiger partial charge in [-0.05, 0) is 183 Å². The maximum Gasteiger partial charge on any atom is 0.160 e. The van der Waals surface area contributed by atoms with Crippen molar-refractivity contribution in [1.82, 2.24) is 29.9 Å². The molecule has 4 aromatic heterocycles. The average Bonchev–Trinajstić information content (AvgIpc) is 1.56. The van der Waals surface area contributed by atoms with E-state index in [0.29, 0.717) is 11.6 Å². The van der Waals surface area contributed by atoms with Crippen LogP contribution in [0, 0.1) is 0 Å². The topological polar surface area (TPSA) is 77.3 Å². The van der Waals surface area contributed by atoms with E-state index in [0.717, 1.165) is 111 Å². The first-order valence-corrected chi connectivity index (χ1v) is 39.2. The second-order valence-electron chi connectivity index (χ2n) is 31.3. The zero-order chi connectivity index (χ0) is 76.2. The maximum absolute atomic E-state index is 5.43. The van der Waals surface area contributed by atoms with E-state index in [-0.39, 0.29) is 10.8 Å². The molecule has 0 radical (unpaired) electrons. The Labute approximate surface area is 662 Å². The van der Waals surface area contributed by atoms with Crippen LogP contribution in [0.3, 0.4) is 0 Å². The smallest absolute Gasteiger partial charge is 0.160 e. The highest BCUT2D eigenvalue weighted by atomic mass is 14.9. The largest absolute Gasteiger partial charge is 0.248 e. The fourth-order valence-electron chi connectivity index (χ4n) is 17.8. The molecule has 0 N–H and O–H groups in total. The van der Waals surface area contributed by atoms with E-state index in [1.807, 2.05) is 0 Å². The lowest BCUT2D eigenvalue weighted by Crippen LogP contribution is -2.14. The van der Waals surface area contributed by atoms with Crippen LogP contribution in [0.2, 0.25) is 0 Å². The van der Waals surface area contributed by atoms with E-state index in [1.54, 1.807) is 0 Å². The molecule has 6 heteroatoms. The van der Waals surface area contributed by atoms with Crippen LogP contribution in [0.25, 0.3) is 200 Å². The van der Waals surface area contributed by atoms with E-state index in [2.05, 4.69) is 404 Å². The van der Waals surface area contributed by atoms with E-state index in [9.17, 15) is 0 Å². The highest BCUT2D eigenvalue weighted by Gasteiger charge is 2.38. The van der Waals surface area contributed by atoms with Crippen LogP contribution >= 0.6 is 0 Å². The Bertz CT molecular complexity index is 7100. The van der Waals surface area contributed by atoms with Crippen LogP contribution in [-0.4, -0.2) is 29.9 Å². The molecule has 536 valence electrons. The number of fused-ring (bicyclic) bond motifs is 12. The molecule has 0 saturated heterocycles. The standard InChI is InChI=1S/2C54H37N3/c1-54(2)47-28-11-10-25-41(47)45-30-46-44(36-15-4-3-5-16-36)31-49(55-50(46)32-48(45)54)37-21-12-22-38(29-37)53-56-51(42-26-13-19-34-17-6-8-23-39(34)42)33-52(57-53)43-27-14-20-35-18-7-9-24-40(35)43;1-54(2)47-22-11-10-21-43(47)45-30-46-44(36-15-4-3-5-16-36)31-49(55-52(46)32-48(45)54)39-19-12-20-42(29-39)53-56-50(40-25-23-34-13-6-8-17-37(34)27-40)33-51(57-53)41-26-24-35-14-7-9-18-38(35)28-41/h2*3-33H,1-2H3. The van der Waals surface area contributed by atoms with Crippen molar-refractivity contribution in [3.63, 3.8) is 0 Å². The Kier molecular flexibility index (Phi) is 16.2. The molecular weight excluding hydrogens is 1380 g/mol. The molecule has 2 aliphatic carbocycles. The number of hydrogen-bond acceptors (Lipinski definition) is 6. The molecule has 0 fully saturated rings. The van der Waals surface area contributed by atoms with Crippen molar-refractivity contribution < 1.29 is 0 Å². The van der Waals surface area contributed by atoms with Gasteiger partial charge in [0, 0.05) is 66.1 Å². The van der Waals surface area contributed by atoms with Crippen LogP contribution in [0.1, 0.15) is 49.9 Å². The molecule has 114 heavy (non-hydrogen) atoms. The van der Waals surface area contributed by atoms with Crippen molar-refractivity contribution >= 4 is 64.9 Å². The number of nitrogens with zero attached hydrogens (tertiary/aromatic N) is 6. The average molecular weight is 1460 g/mol. The highest BCUT2D eigenvalue weighted by molar-refractivity contribution is 6.05. The lowest BCUT2D eigenvalue weighted by molar-refractivity contribution is 0.661. The Morgan fingerprint density at radius 3 is 0.947 bits per heavy atom. The summed E-state index contributed by atoms with van der Waals surface area (Å²) in [5.74, 6) is 1.35. The van der Waals surface area contributed by atoms with Gasteiger partial charge in [0.15, 0.2) is 11.6 Å². The number of benzene rings is 16. The number of rotatable bonds is 10. The summed E-state index contributed by atoms with van der Waals surface area (Å²) in [6.07, 6.45) is 0. The number of aromatic nitrogens is 6. The quantitative estimate of drug-likeness (QED) is 0.136. The molecular formula is C108H74N6. The van der Waals surface area contributed by atoms with E-state index in [4.69, 9.17) is 29.9 Å². The van der Waals surface area contributed by atoms with Gasteiger partial charge in [0.05, 0.1) is 45.2 Å². The van der Waals surface area contributed by atoms with Gasteiger partial charge >= 0.3 is 0 Å². The summed E-state index contributed by atoms with van der Waals surface area (Å²) in [7, 11) is 0. The molecule has 0 amide bonds. The first-order chi connectivity index (χ1) is 55.9. The Hall–Kier alpha value is -14.5. The number of hydrogen-bond donors (Lipinski definition) is 0. The van der Waals surface area contributed by atoms with Gasteiger partial charge < -0.3 is 0 Å². The Balaban J connectivity index is 0.000000143. The van der Waals surface area contributed by atoms with Gasteiger partial charge in [-0.1, -0.05) is 331 Å². The summed E-state index contributed by atoms with van der Waals surface area (Å²) in [5.41, 5.74) is 30.5. The van der Waals surface area contributed by atoms with Crippen molar-refractivity contribution in [2.24, 2.45) is 0 Å². The lowest BCUT2D eigenvalue weighted by Gasteiger charge is -2.22. The SMILES string of the molecule is CC1(C)c2ccccc2-c2cc3c(-c4ccccc4)cc(-c4cccc(-c5nc(-c6ccc7ccccc7c6)cc(-c6ccc7ccccc7c6)n5)c4)nc3cc21.CC1(C)c2ccccc2-c2cc3c(-c4ccccc4)cc(-c4cccc(-c5nc(-c6cccc7ccccc67)cc(-c6cccc7ccccc67)n5)c4)nc3cc21. The third-order valence-electron chi connectivity index (χ3n) is 23.7. The first-order valence-electron chi connectivity index (χ1n) is 39.2. The summed E-state index contributed by atoms with van der Waals surface area (Å²) in [4.78, 5) is 32.0. The molecule has 0 unspecified atom stereocenters. The van der Waals surface area contributed by atoms with Gasteiger partial charge in [0.25, 0.3) is 0 Å². The van der Waals surface area contributed by atoms with Crippen LogP contribution < -0.4 is 0 Å². The molecule has 0 atom stereocenters. The van der Waals surface area contributed by atoms with Crippen molar-refractivity contribution in [3.8, 4) is 135 Å². The second kappa shape index (κ2) is 27.2. The molecule has 22 rings (SSSR count). The van der Waals surface area contributed by atoms with Gasteiger partial charge in [0.2, 0.25) is 0 Å². The van der Waals surface area contributed by atoms with Crippen LogP contribution in [0.5, 0.6) is 0 Å². The fourth-order valence-corrected chi connectivity index (χ4v) is 17.8. The molecule has 0 spiro atoms. The monoisotopic (exact) mass is 1450 g/mol. The van der Waals surface area contributed by atoms with Gasteiger partial charge in [-0.2, -0.15) is 0 Å². The molecule has 4 heterocycles. The zero-order valence-corrected chi connectivity index (χ0v) is 63.5. The Morgan fingerprint density at radius 1 is 0.167 bits per heavy atom. The minimum atomic E-state index is -0.126. The third kappa shape index (κ3) is 11.8. The van der Waals surface area contributed by atoms with Gasteiger partial charge in [0.1, 0.15) is 0 Å². The van der Waals surface area contributed by atoms with Crippen LogP contribution in [0.4, 0.5) is 0 Å². The minimum Gasteiger partial charge on any atom is -0.248 e.